The summed E-state index contributed by atoms with van der Waals surface area (Å²) < 4.78 is 11.2. The average molecular weight is 438 g/mol. The van der Waals surface area contributed by atoms with Crippen molar-refractivity contribution in [2.75, 3.05) is 7.11 Å². The topological polar surface area (TPSA) is 90.0 Å². The number of para-hydroxylation sites is 2. The molecule has 2 aromatic carbocycles. The largest absolute Gasteiger partial charge is 0.504 e. The number of aromatic amines is 1. The molecule has 4 aromatic rings. The molecule has 7 nitrogen and oxygen atoms in total. The molecule has 7 heteroatoms. The van der Waals surface area contributed by atoms with Gasteiger partial charge in [0.25, 0.3) is 0 Å². The van der Waals surface area contributed by atoms with Crippen molar-refractivity contribution in [3.63, 3.8) is 0 Å². The zero-order valence-corrected chi connectivity index (χ0v) is 18.1. The molecular formula is C26H22N4O3. The van der Waals surface area contributed by atoms with E-state index in [0.29, 0.717) is 23.0 Å². The number of H-pyrrole nitrogens is 1. The van der Waals surface area contributed by atoms with Crippen LogP contribution in [0, 0.1) is 0 Å². The highest BCUT2D eigenvalue weighted by atomic mass is 16.5. The van der Waals surface area contributed by atoms with Crippen LogP contribution in [0.5, 0.6) is 11.6 Å². The van der Waals surface area contributed by atoms with Crippen LogP contribution in [0.3, 0.4) is 0 Å². The van der Waals surface area contributed by atoms with Gasteiger partial charge < -0.3 is 14.5 Å². The second kappa shape index (κ2) is 9.08. The number of nitrogens with zero attached hydrogens (tertiary/aromatic N) is 3. The average Bonchev–Trinajstić information content (AvgIpc) is 3.30. The molecular weight excluding hydrogens is 416 g/mol. The van der Waals surface area contributed by atoms with Gasteiger partial charge >= 0.3 is 0 Å². The Bertz CT molecular complexity index is 1340. The lowest BCUT2D eigenvalue weighted by Gasteiger charge is -2.17. The third-order valence-corrected chi connectivity index (χ3v) is 5.51. The van der Waals surface area contributed by atoms with Crippen LogP contribution < -0.4 is 4.74 Å². The molecule has 2 aromatic heterocycles. The van der Waals surface area contributed by atoms with Gasteiger partial charge in [0.2, 0.25) is 11.7 Å². The van der Waals surface area contributed by atoms with E-state index in [2.05, 4.69) is 26.0 Å². The number of hydrogen-bond acceptors (Lipinski definition) is 6. The number of imidazole rings is 1. The predicted molar refractivity (Wildman–Crippen MR) is 125 cm³/mol. The molecule has 0 spiro atoms. The maximum absolute atomic E-state index is 12.8. The second-order valence-electron chi connectivity index (χ2n) is 7.71. The van der Waals surface area contributed by atoms with Crippen LogP contribution in [0.4, 0.5) is 0 Å². The Balaban J connectivity index is 1.34. The number of hydrogen-bond donors (Lipinski definition) is 1. The number of carbonyl (C=O) groups is 1. The summed E-state index contributed by atoms with van der Waals surface area (Å²) in [6.45, 7) is 0. The normalized spacial score (nSPS) is 14.8. The fraction of sp³-hybridized carbons (Fsp3) is 0.154. The van der Waals surface area contributed by atoms with Crippen LogP contribution >= 0.6 is 0 Å². The first-order chi connectivity index (χ1) is 16.2. The molecule has 0 unspecified atom stereocenters. The minimum absolute atomic E-state index is 0.176. The van der Waals surface area contributed by atoms with Gasteiger partial charge in [0.15, 0.2) is 5.82 Å². The number of carbonyl (C=O) groups excluding carboxylic acids is 1. The lowest BCUT2D eigenvalue weighted by molar-refractivity contribution is 0.103. The predicted octanol–water partition coefficient (Wildman–Crippen LogP) is 5.47. The zero-order chi connectivity index (χ0) is 22.6. The summed E-state index contributed by atoms with van der Waals surface area (Å²) in [6.07, 6.45) is 9.79. The molecule has 164 valence electrons. The number of aromatic nitrogens is 4. The van der Waals surface area contributed by atoms with Crippen molar-refractivity contribution in [3.05, 3.63) is 95.9 Å². The molecule has 0 saturated carbocycles. The Morgan fingerprint density at radius 2 is 1.85 bits per heavy atom. The fourth-order valence-electron chi connectivity index (χ4n) is 3.85. The third-order valence-electron chi connectivity index (χ3n) is 5.51. The van der Waals surface area contributed by atoms with E-state index in [0.717, 1.165) is 41.6 Å². The minimum atomic E-state index is -0.176. The minimum Gasteiger partial charge on any atom is -0.504 e. The van der Waals surface area contributed by atoms with E-state index in [9.17, 15) is 4.79 Å². The summed E-state index contributed by atoms with van der Waals surface area (Å²) in [7, 11) is 1.66. The maximum atomic E-state index is 12.8. The first-order valence-electron chi connectivity index (χ1n) is 10.7. The van der Waals surface area contributed by atoms with E-state index in [1.807, 2.05) is 24.3 Å². The van der Waals surface area contributed by atoms with E-state index >= 15 is 0 Å². The summed E-state index contributed by atoms with van der Waals surface area (Å²) >= 11 is 0. The highest BCUT2D eigenvalue weighted by molar-refractivity contribution is 6.08. The summed E-state index contributed by atoms with van der Waals surface area (Å²) in [5.41, 5.74) is 5.20. The SMILES string of the molecule is CO/C=C1\CC=C(c2nccnc2Oc2ccc(C(=O)c3nc4ccccc4[nH]3)cc2)CC1. The third kappa shape index (κ3) is 4.39. The number of fused-ring (bicyclic) bond motifs is 1. The molecule has 0 fully saturated rings. The van der Waals surface area contributed by atoms with Crippen molar-refractivity contribution in [2.45, 2.75) is 19.3 Å². The van der Waals surface area contributed by atoms with Crippen LogP contribution in [0.15, 0.2) is 78.8 Å². The van der Waals surface area contributed by atoms with Gasteiger partial charge in [-0.3, -0.25) is 4.79 Å². The summed E-state index contributed by atoms with van der Waals surface area (Å²) in [6, 6.07) is 14.5. The standard InChI is InChI=1S/C26H22N4O3/c1-32-16-17-6-8-18(9-7-17)23-26(28-15-14-27-23)33-20-12-10-19(11-13-20)24(31)25-29-21-4-2-3-5-22(21)30-25/h2-5,8,10-16H,6-7,9H2,1H3,(H,29,30)/b17-16+. The first kappa shape index (κ1) is 20.6. The molecule has 0 aliphatic heterocycles. The van der Waals surface area contributed by atoms with Gasteiger partial charge in [0.1, 0.15) is 11.4 Å². The number of nitrogens with one attached hydrogen (secondary N) is 1. The number of ether oxygens (including phenoxy) is 2. The summed E-state index contributed by atoms with van der Waals surface area (Å²) in [5, 5.41) is 0. The molecule has 0 amide bonds. The van der Waals surface area contributed by atoms with Gasteiger partial charge in [-0.2, -0.15) is 0 Å². The Hall–Kier alpha value is -4.26. The van der Waals surface area contributed by atoms with Crippen molar-refractivity contribution in [1.82, 2.24) is 19.9 Å². The highest BCUT2D eigenvalue weighted by Crippen LogP contribution is 2.34. The smallest absolute Gasteiger partial charge is 0.245 e. The lowest BCUT2D eigenvalue weighted by Crippen LogP contribution is -2.04. The van der Waals surface area contributed by atoms with Gasteiger partial charge in [0, 0.05) is 18.0 Å². The Kier molecular flexibility index (Phi) is 5.68. The Labute approximate surface area is 190 Å². The number of benzene rings is 2. The van der Waals surface area contributed by atoms with Crippen LogP contribution in [-0.2, 0) is 4.74 Å². The lowest BCUT2D eigenvalue weighted by atomic mass is 9.93. The van der Waals surface area contributed by atoms with Crippen LogP contribution in [-0.4, -0.2) is 32.8 Å². The quantitative estimate of drug-likeness (QED) is 0.317. The molecule has 1 aliphatic carbocycles. The number of allylic oxidation sites excluding steroid dienone is 3. The van der Waals surface area contributed by atoms with Gasteiger partial charge in [-0.25, -0.2) is 15.0 Å². The first-order valence-corrected chi connectivity index (χ1v) is 10.7. The Morgan fingerprint density at radius 1 is 1.03 bits per heavy atom. The molecule has 1 N–H and O–H groups in total. The molecule has 2 heterocycles. The monoisotopic (exact) mass is 438 g/mol. The van der Waals surface area contributed by atoms with Crippen molar-refractivity contribution >= 4 is 22.4 Å². The van der Waals surface area contributed by atoms with Gasteiger partial charge in [0.05, 0.1) is 24.4 Å². The molecule has 0 atom stereocenters. The number of ketones is 1. The van der Waals surface area contributed by atoms with Crippen molar-refractivity contribution in [3.8, 4) is 11.6 Å². The Morgan fingerprint density at radius 3 is 2.61 bits per heavy atom. The molecule has 0 radical (unpaired) electrons. The van der Waals surface area contributed by atoms with E-state index in [-0.39, 0.29) is 5.78 Å². The fourth-order valence-corrected chi connectivity index (χ4v) is 3.85. The molecule has 0 saturated heterocycles. The summed E-state index contributed by atoms with van der Waals surface area (Å²) in [4.78, 5) is 29.2. The molecule has 0 bridgehead atoms. The molecule has 1 aliphatic rings. The molecule has 5 rings (SSSR count). The van der Waals surface area contributed by atoms with Crippen LogP contribution in [0.25, 0.3) is 16.6 Å². The van der Waals surface area contributed by atoms with E-state index in [4.69, 9.17) is 9.47 Å². The second-order valence-corrected chi connectivity index (χ2v) is 7.71. The van der Waals surface area contributed by atoms with Crippen LogP contribution in [0.1, 0.15) is 41.1 Å². The van der Waals surface area contributed by atoms with E-state index in [1.54, 1.807) is 50.0 Å². The van der Waals surface area contributed by atoms with Gasteiger partial charge in [-0.15, -0.1) is 0 Å². The zero-order valence-electron chi connectivity index (χ0n) is 18.1. The number of methoxy groups -OCH3 is 1. The highest BCUT2D eigenvalue weighted by Gasteiger charge is 2.18. The number of rotatable bonds is 6. The van der Waals surface area contributed by atoms with Gasteiger partial charge in [-0.1, -0.05) is 18.2 Å². The summed E-state index contributed by atoms with van der Waals surface area (Å²) in [5.74, 6) is 1.16. The van der Waals surface area contributed by atoms with Crippen LogP contribution in [0.2, 0.25) is 0 Å². The van der Waals surface area contributed by atoms with E-state index in [1.165, 1.54) is 5.57 Å². The van der Waals surface area contributed by atoms with Gasteiger partial charge in [-0.05, 0) is 66.8 Å². The van der Waals surface area contributed by atoms with Crippen molar-refractivity contribution in [2.24, 2.45) is 0 Å². The maximum Gasteiger partial charge on any atom is 0.245 e. The van der Waals surface area contributed by atoms with Crippen molar-refractivity contribution < 1.29 is 14.3 Å². The van der Waals surface area contributed by atoms with E-state index < -0.39 is 0 Å². The molecule has 33 heavy (non-hydrogen) atoms. The van der Waals surface area contributed by atoms with Crippen molar-refractivity contribution in [1.29, 1.82) is 0 Å².